The van der Waals surface area contributed by atoms with Crippen molar-refractivity contribution in [2.24, 2.45) is 10.8 Å². The van der Waals surface area contributed by atoms with E-state index < -0.39 is 29.7 Å². The maximum atomic E-state index is 13.4. The number of hydrogen-bond donors (Lipinski definition) is 2. The average molecular weight is 764 g/mol. The molecule has 0 spiro atoms. The summed E-state index contributed by atoms with van der Waals surface area (Å²) in [6.07, 6.45) is 3.61. The van der Waals surface area contributed by atoms with Crippen molar-refractivity contribution >= 4 is 52.5 Å². The van der Waals surface area contributed by atoms with Gasteiger partial charge in [-0.25, -0.2) is 9.83 Å². The molecule has 284 valence electrons. The SMILES string of the molecule is [C-]#[N+]c1ccc(OC2C(C)(C)C(NC(=O)c3ccc(N4CCC(N5Cc6cc7c(cc6C5)C(=O)N(C5CCC(=O)NC5=O)C7=O)CC4)cn3)C2(C)C)cc1Cl. The highest BCUT2D eigenvalue weighted by atomic mass is 35.5. The van der Waals surface area contributed by atoms with Crippen LogP contribution in [-0.4, -0.2) is 81.6 Å². The molecule has 5 aliphatic rings. The van der Waals surface area contributed by atoms with E-state index in [4.69, 9.17) is 22.9 Å². The fourth-order valence-electron chi connectivity index (χ4n) is 9.64. The van der Waals surface area contributed by atoms with Crippen molar-refractivity contribution in [1.82, 2.24) is 25.4 Å². The van der Waals surface area contributed by atoms with E-state index in [1.165, 1.54) is 0 Å². The van der Waals surface area contributed by atoms with Crippen LogP contribution >= 0.6 is 11.6 Å². The monoisotopic (exact) mass is 763 g/mol. The Kier molecular flexibility index (Phi) is 8.97. The molecule has 1 aromatic heterocycles. The minimum atomic E-state index is -0.976. The minimum absolute atomic E-state index is 0.0868. The van der Waals surface area contributed by atoms with Gasteiger partial charge in [-0.15, -0.1) is 0 Å². The summed E-state index contributed by atoms with van der Waals surface area (Å²) >= 11 is 6.25. The van der Waals surface area contributed by atoms with Gasteiger partial charge in [0.05, 0.1) is 34.6 Å². The molecular formula is C41H42ClN7O6. The summed E-state index contributed by atoms with van der Waals surface area (Å²) in [5.41, 5.74) is 3.55. The van der Waals surface area contributed by atoms with Gasteiger partial charge in [0.25, 0.3) is 17.7 Å². The zero-order chi connectivity index (χ0) is 39.0. The van der Waals surface area contributed by atoms with E-state index in [1.54, 1.807) is 30.5 Å². The van der Waals surface area contributed by atoms with E-state index in [2.05, 4.69) is 58.0 Å². The van der Waals surface area contributed by atoms with Crippen molar-refractivity contribution in [3.63, 3.8) is 0 Å². The molecule has 1 unspecified atom stereocenters. The van der Waals surface area contributed by atoms with Crippen LogP contribution in [0.3, 0.4) is 0 Å². The first-order valence-corrected chi connectivity index (χ1v) is 19.0. The Labute approximate surface area is 324 Å². The second kappa shape index (κ2) is 13.5. The van der Waals surface area contributed by atoms with Crippen LogP contribution in [0.1, 0.15) is 95.7 Å². The summed E-state index contributed by atoms with van der Waals surface area (Å²) in [6.45, 7) is 18.5. The Morgan fingerprint density at radius 2 is 1.60 bits per heavy atom. The van der Waals surface area contributed by atoms with Crippen LogP contribution < -0.4 is 20.3 Å². The van der Waals surface area contributed by atoms with E-state index in [0.29, 0.717) is 52.4 Å². The third-order valence-electron chi connectivity index (χ3n) is 12.2. The predicted octanol–water partition coefficient (Wildman–Crippen LogP) is 5.28. The number of amides is 5. The number of aromatic nitrogens is 1. The van der Waals surface area contributed by atoms with Crippen molar-refractivity contribution in [1.29, 1.82) is 0 Å². The first kappa shape index (κ1) is 36.6. The molecule has 13 nitrogen and oxygen atoms in total. The van der Waals surface area contributed by atoms with Crippen LogP contribution in [-0.2, 0) is 22.7 Å². The second-order valence-corrected chi connectivity index (χ2v) is 16.8. The molecule has 3 fully saturated rings. The average Bonchev–Trinajstić information content (AvgIpc) is 3.69. The van der Waals surface area contributed by atoms with Crippen molar-refractivity contribution in [3.05, 3.63) is 93.0 Å². The fourth-order valence-corrected chi connectivity index (χ4v) is 9.85. The Hall–Kier alpha value is -5.32. The summed E-state index contributed by atoms with van der Waals surface area (Å²) in [7, 11) is 0. The van der Waals surface area contributed by atoms with Crippen LogP contribution in [0, 0.1) is 17.4 Å². The summed E-state index contributed by atoms with van der Waals surface area (Å²) in [6, 6.07) is 11.6. The maximum Gasteiger partial charge on any atom is 0.270 e. The molecule has 2 aromatic carbocycles. The first-order chi connectivity index (χ1) is 26.2. The van der Waals surface area contributed by atoms with Gasteiger partial charge in [0.1, 0.15) is 23.6 Å². The zero-order valence-corrected chi connectivity index (χ0v) is 31.9. The van der Waals surface area contributed by atoms with Gasteiger partial charge in [-0.2, -0.15) is 0 Å². The van der Waals surface area contributed by atoms with E-state index in [1.807, 2.05) is 18.2 Å². The van der Waals surface area contributed by atoms with E-state index >= 15 is 0 Å². The number of fused-ring (bicyclic) bond motifs is 2. The van der Waals surface area contributed by atoms with Crippen LogP contribution in [0.4, 0.5) is 11.4 Å². The second-order valence-electron chi connectivity index (χ2n) is 16.4. The maximum absolute atomic E-state index is 13.4. The van der Waals surface area contributed by atoms with Gasteiger partial charge in [0.2, 0.25) is 17.5 Å². The predicted molar refractivity (Wildman–Crippen MR) is 203 cm³/mol. The number of carbonyl (C=O) groups excluding carboxylic acids is 5. The number of halogens is 1. The molecule has 5 heterocycles. The number of hydrogen-bond acceptors (Lipinski definition) is 9. The number of imide groups is 2. The number of pyridine rings is 1. The van der Waals surface area contributed by atoms with Gasteiger partial charge in [-0.3, -0.25) is 39.1 Å². The smallest absolute Gasteiger partial charge is 0.270 e. The standard InChI is InChI=1S/C41H42ClN7O6/c1-40(2)38(41(3,4)39(40)55-26-7-9-30(43-5)29(42)18-26)46-34(51)31-8-6-25(19-44-31)47-14-12-24(13-15-47)48-20-22-16-27-28(17-23(22)21-48)37(54)49(36(27)53)32-10-11-33(50)45-35(32)52/h6-9,16-19,24,32,38-39H,10-15,20-21H2,1-4H3,(H,46,51)(H,45,50,52). The van der Waals surface area contributed by atoms with E-state index in [9.17, 15) is 24.0 Å². The van der Waals surface area contributed by atoms with Gasteiger partial charge in [-0.1, -0.05) is 45.4 Å². The highest BCUT2D eigenvalue weighted by molar-refractivity contribution is 6.33. The summed E-state index contributed by atoms with van der Waals surface area (Å²) in [5.74, 6) is -1.64. The number of anilines is 1. The van der Waals surface area contributed by atoms with Crippen molar-refractivity contribution in [2.45, 2.75) is 90.7 Å². The molecule has 1 atom stereocenters. The quantitative estimate of drug-likeness (QED) is 0.243. The van der Waals surface area contributed by atoms with Gasteiger partial charge in [0.15, 0.2) is 0 Å². The van der Waals surface area contributed by atoms with Crippen LogP contribution in [0.5, 0.6) is 5.75 Å². The molecule has 5 amide bonds. The summed E-state index contributed by atoms with van der Waals surface area (Å²) in [4.78, 5) is 77.8. The van der Waals surface area contributed by atoms with Gasteiger partial charge < -0.3 is 15.0 Å². The fraction of sp³-hybridized carbons (Fsp3) is 0.439. The van der Waals surface area contributed by atoms with E-state index in [-0.39, 0.29) is 41.7 Å². The lowest BCUT2D eigenvalue weighted by molar-refractivity contribution is -0.164. The zero-order valence-electron chi connectivity index (χ0n) is 31.1. The molecule has 55 heavy (non-hydrogen) atoms. The van der Waals surface area contributed by atoms with Crippen LogP contribution in [0.2, 0.25) is 5.02 Å². The lowest BCUT2D eigenvalue weighted by atomic mass is 9.49. The third-order valence-corrected chi connectivity index (χ3v) is 12.5. The largest absolute Gasteiger partial charge is 0.489 e. The Morgan fingerprint density at radius 3 is 2.16 bits per heavy atom. The van der Waals surface area contributed by atoms with Crippen molar-refractivity contribution in [2.75, 3.05) is 18.0 Å². The Bertz CT molecular complexity index is 2130. The Balaban J connectivity index is 0.846. The molecule has 1 aliphatic carbocycles. The van der Waals surface area contributed by atoms with Crippen molar-refractivity contribution in [3.8, 4) is 5.75 Å². The van der Waals surface area contributed by atoms with Gasteiger partial charge in [0, 0.05) is 55.5 Å². The van der Waals surface area contributed by atoms with Crippen LogP contribution in [0.25, 0.3) is 4.85 Å². The molecule has 8 rings (SSSR count). The molecule has 4 aliphatic heterocycles. The normalized spacial score (nSPS) is 24.5. The molecule has 14 heteroatoms. The minimum Gasteiger partial charge on any atom is -0.489 e. The molecule has 2 saturated heterocycles. The van der Waals surface area contributed by atoms with E-state index in [0.717, 1.165) is 47.6 Å². The number of benzene rings is 2. The summed E-state index contributed by atoms with van der Waals surface area (Å²) in [5, 5.41) is 5.79. The number of nitrogens with one attached hydrogen (secondary N) is 2. The van der Waals surface area contributed by atoms with Crippen molar-refractivity contribution < 1.29 is 28.7 Å². The molecule has 2 N–H and O–H groups in total. The lowest BCUT2D eigenvalue weighted by Gasteiger charge is -2.63. The highest BCUT2D eigenvalue weighted by Gasteiger charge is 2.64. The number of ether oxygens (including phenoxy) is 1. The molecule has 1 saturated carbocycles. The Morgan fingerprint density at radius 1 is 0.945 bits per heavy atom. The number of carbonyl (C=O) groups is 5. The topological polar surface area (TPSA) is 146 Å². The van der Waals surface area contributed by atoms with Gasteiger partial charge >= 0.3 is 0 Å². The molecular weight excluding hydrogens is 722 g/mol. The molecule has 0 bridgehead atoms. The summed E-state index contributed by atoms with van der Waals surface area (Å²) < 4.78 is 6.36. The van der Waals surface area contributed by atoms with Gasteiger partial charge in [-0.05, 0) is 66.8 Å². The third kappa shape index (κ3) is 6.21. The number of rotatable bonds is 7. The lowest BCUT2D eigenvalue weighted by Crippen LogP contribution is -2.74. The number of nitrogens with zero attached hydrogens (tertiary/aromatic N) is 5. The first-order valence-electron chi connectivity index (χ1n) is 18.6. The molecule has 3 aromatic rings. The van der Waals surface area contributed by atoms with Crippen LogP contribution in [0.15, 0.2) is 48.7 Å². The number of piperidine rings is 2. The highest BCUT2D eigenvalue weighted by Crippen LogP contribution is 2.55. The molecule has 0 radical (unpaired) electrons.